The summed E-state index contributed by atoms with van der Waals surface area (Å²) in [5.74, 6) is -0.881. The number of pyridine rings is 1. The summed E-state index contributed by atoms with van der Waals surface area (Å²) in [6.45, 7) is 4.02. The summed E-state index contributed by atoms with van der Waals surface area (Å²) in [6, 6.07) is 5.14. The lowest BCUT2D eigenvalue weighted by atomic mass is 9.88. The van der Waals surface area contributed by atoms with E-state index in [-0.39, 0.29) is 11.3 Å². The van der Waals surface area contributed by atoms with Crippen molar-refractivity contribution in [1.29, 1.82) is 5.26 Å². The first-order chi connectivity index (χ1) is 13.9. The molecule has 0 bridgehead atoms. The normalized spacial score (nSPS) is 19.7. The van der Waals surface area contributed by atoms with Gasteiger partial charge in [-0.2, -0.15) is 9.65 Å². The molecule has 5 rings (SSSR count). The number of carbonyl (C=O) groups is 1. The average molecular weight is 390 g/mol. The molecular formula is C21H19FN6O. The van der Waals surface area contributed by atoms with Gasteiger partial charge in [0.1, 0.15) is 6.07 Å². The van der Waals surface area contributed by atoms with Gasteiger partial charge >= 0.3 is 0 Å². The summed E-state index contributed by atoms with van der Waals surface area (Å²) < 4.78 is 15.2. The van der Waals surface area contributed by atoms with E-state index in [9.17, 15) is 14.4 Å². The molecule has 3 aromatic rings. The number of rotatable bonds is 3. The van der Waals surface area contributed by atoms with E-state index in [2.05, 4.69) is 26.5 Å². The Morgan fingerprint density at radius 2 is 2.10 bits per heavy atom. The molecule has 0 radical (unpaired) electrons. The number of carbonyl (C=O) groups excluding carboxylic acids is 1. The fourth-order valence-corrected chi connectivity index (χ4v) is 4.35. The number of fused-ring (bicyclic) bond motifs is 3. The van der Waals surface area contributed by atoms with Crippen LogP contribution in [0.3, 0.4) is 0 Å². The Kier molecular flexibility index (Phi) is 3.72. The van der Waals surface area contributed by atoms with E-state index in [1.807, 2.05) is 13.8 Å². The largest absolute Gasteiger partial charge is 0.324 e. The van der Waals surface area contributed by atoms with Crippen LogP contribution in [0.5, 0.6) is 0 Å². The van der Waals surface area contributed by atoms with Crippen LogP contribution >= 0.6 is 0 Å². The lowest BCUT2D eigenvalue weighted by Gasteiger charge is -2.19. The molecule has 1 amide bonds. The number of nitriles is 1. The molecule has 29 heavy (non-hydrogen) atoms. The van der Waals surface area contributed by atoms with E-state index in [1.54, 1.807) is 18.5 Å². The monoisotopic (exact) mass is 390 g/mol. The fraction of sp³-hybridized carbons (Fsp3) is 0.381. The van der Waals surface area contributed by atoms with Crippen molar-refractivity contribution < 1.29 is 9.18 Å². The zero-order chi connectivity index (χ0) is 20.3. The molecule has 0 spiro atoms. The third-order valence-electron chi connectivity index (χ3n) is 5.80. The highest BCUT2D eigenvalue weighted by Crippen LogP contribution is 2.46. The van der Waals surface area contributed by atoms with Gasteiger partial charge in [-0.1, -0.05) is 13.8 Å². The summed E-state index contributed by atoms with van der Waals surface area (Å²) in [6.07, 6.45) is 5.90. The van der Waals surface area contributed by atoms with Gasteiger partial charge in [0.25, 0.3) is 0 Å². The number of nitrogens with zero attached hydrogens (tertiary/aromatic N) is 5. The van der Waals surface area contributed by atoms with E-state index in [0.717, 1.165) is 29.8 Å². The summed E-state index contributed by atoms with van der Waals surface area (Å²) in [5, 5.41) is 16.2. The molecule has 1 N–H and O–H groups in total. The maximum absolute atomic E-state index is 13.7. The lowest BCUT2D eigenvalue weighted by molar-refractivity contribution is -0.117. The maximum atomic E-state index is 13.7. The van der Waals surface area contributed by atoms with Crippen LogP contribution in [0, 0.1) is 17.3 Å². The van der Waals surface area contributed by atoms with Crippen LogP contribution in [0.4, 0.5) is 10.1 Å². The van der Waals surface area contributed by atoms with Gasteiger partial charge in [-0.3, -0.25) is 9.78 Å². The topological polar surface area (TPSA) is 96.0 Å². The van der Waals surface area contributed by atoms with Crippen molar-refractivity contribution in [2.24, 2.45) is 0 Å². The quantitative estimate of drug-likeness (QED) is 0.739. The van der Waals surface area contributed by atoms with E-state index < -0.39 is 11.9 Å². The van der Waals surface area contributed by atoms with Crippen LogP contribution in [-0.2, 0) is 10.2 Å². The van der Waals surface area contributed by atoms with Crippen LogP contribution in [0.2, 0.25) is 0 Å². The Balaban J connectivity index is 1.47. The summed E-state index contributed by atoms with van der Waals surface area (Å²) in [5.41, 5.74) is 3.41. The van der Waals surface area contributed by atoms with Crippen molar-refractivity contribution in [2.75, 3.05) is 5.32 Å². The maximum Gasteiger partial charge on any atom is 0.235 e. The number of hydrogen-bond acceptors (Lipinski definition) is 5. The van der Waals surface area contributed by atoms with E-state index in [1.165, 1.54) is 10.6 Å². The predicted molar refractivity (Wildman–Crippen MR) is 103 cm³/mol. The summed E-state index contributed by atoms with van der Waals surface area (Å²) in [4.78, 5) is 21.8. The van der Waals surface area contributed by atoms with Crippen LogP contribution in [0.15, 0.2) is 24.5 Å². The number of hydrogen-bond donors (Lipinski definition) is 1. The standard InChI is InChI=1S/C21H19FN6O/c1-21(2)7-14(15-10-24-17-6-16(22)27-28(17)19(15)21)20(29)26-13-5-12(8-23)18(25-9-13)11-3-4-11/h5-6,9-11,14H,3-4,7H2,1-2H3,(H,26,29). The molecule has 3 heterocycles. The Labute approximate surface area is 166 Å². The van der Waals surface area contributed by atoms with E-state index in [4.69, 9.17) is 0 Å². The molecule has 1 fully saturated rings. The summed E-state index contributed by atoms with van der Waals surface area (Å²) >= 11 is 0. The first-order valence-corrected chi connectivity index (χ1v) is 9.63. The van der Waals surface area contributed by atoms with Gasteiger partial charge in [-0.05, 0) is 25.3 Å². The zero-order valence-corrected chi connectivity index (χ0v) is 16.1. The molecular weight excluding hydrogens is 371 g/mol. The van der Waals surface area contributed by atoms with Gasteiger partial charge in [0, 0.05) is 29.2 Å². The molecule has 3 aromatic heterocycles. The second kappa shape index (κ2) is 6.08. The third kappa shape index (κ3) is 2.85. The number of anilines is 1. The number of nitrogens with one attached hydrogen (secondary N) is 1. The van der Waals surface area contributed by atoms with Gasteiger partial charge in [-0.15, -0.1) is 5.10 Å². The number of amides is 1. The first-order valence-electron chi connectivity index (χ1n) is 9.63. The predicted octanol–water partition coefficient (Wildman–Crippen LogP) is 3.42. The van der Waals surface area contributed by atoms with Gasteiger partial charge in [-0.25, -0.2) is 9.50 Å². The molecule has 0 aliphatic heterocycles. The Bertz CT molecular complexity index is 1200. The van der Waals surface area contributed by atoms with E-state index >= 15 is 0 Å². The van der Waals surface area contributed by atoms with E-state index in [0.29, 0.717) is 29.2 Å². The van der Waals surface area contributed by atoms with Gasteiger partial charge in [0.05, 0.1) is 34.8 Å². The minimum Gasteiger partial charge on any atom is -0.324 e. The molecule has 8 heteroatoms. The minimum absolute atomic E-state index is 0.199. The first kappa shape index (κ1) is 17.7. The molecule has 2 aliphatic carbocycles. The van der Waals surface area contributed by atoms with Crippen molar-refractivity contribution in [2.45, 2.75) is 50.4 Å². The molecule has 1 unspecified atom stereocenters. The minimum atomic E-state index is -0.597. The smallest absolute Gasteiger partial charge is 0.235 e. The SMILES string of the molecule is CC1(C)CC(C(=O)Nc2cnc(C3CC3)c(C#N)c2)c2cnc3cc(F)nn3c21. The van der Waals surface area contributed by atoms with Crippen molar-refractivity contribution >= 4 is 17.2 Å². The van der Waals surface area contributed by atoms with Gasteiger partial charge in [0.2, 0.25) is 11.9 Å². The highest BCUT2D eigenvalue weighted by Gasteiger charge is 2.43. The van der Waals surface area contributed by atoms with Gasteiger partial charge in [0.15, 0.2) is 5.65 Å². The molecule has 1 atom stereocenters. The van der Waals surface area contributed by atoms with Crippen LogP contribution in [0.1, 0.15) is 67.5 Å². The molecule has 146 valence electrons. The second-order valence-electron chi connectivity index (χ2n) is 8.47. The van der Waals surface area contributed by atoms with Crippen LogP contribution < -0.4 is 5.32 Å². The zero-order valence-electron chi connectivity index (χ0n) is 16.1. The fourth-order valence-electron chi connectivity index (χ4n) is 4.35. The molecule has 1 saturated carbocycles. The Hall–Kier alpha value is -3.34. The highest BCUT2D eigenvalue weighted by atomic mass is 19.1. The highest BCUT2D eigenvalue weighted by molar-refractivity contribution is 5.96. The van der Waals surface area contributed by atoms with Crippen molar-refractivity contribution in [3.8, 4) is 6.07 Å². The molecule has 7 nitrogen and oxygen atoms in total. The van der Waals surface area contributed by atoms with Crippen LogP contribution in [0.25, 0.3) is 5.65 Å². The van der Waals surface area contributed by atoms with Crippen molar-refractivity contribution in [3.63, 3.8) is 0 Å². The van der Waals surface area contributed by atoms with Crippen molar-refractivity contribution in [3.05, 3.63) is 53.0 Å². The number of halogens is 1. The second-order valence-corrected chi connectivity index (χ2v) is 8.47. The Morgan fingerprint density at radius 3 is 2.83 bits per heavy atom. The molecule has 0 aromatic carbocycles. The Morgan fingerprint density at radius 1 is 1.31 bits per heavy atom. The number of aromatic nitrogens is 4. The van der Waals surface area contributed by atoms with Gasteiger partial charge < -0.3 is 5.32 Å². The molecule has 0 saturated heterocycles. The van der Waals surface area contributed by atoms with Crippen molar-refractivity contribution in [1.82, 2.24) is 19.6 Å². The molecule has 2 aliphatic rings. The third-order valence-corrected chi connectivity index (χ3v) is 5.80. The van der Waals surface area contributed by atoms with Crippen LogP contribution in [-0.4, -0.2) is 25.5 Å². The summed E-state index contributed by atoms with van der Waals surface area (Å²) in [7, 11) is 0. The average Bonchev–Trinajstić information content (AvgIpc) is 3.39. The lowest BCUT2D eigenvalue weighted by Crippen LogP contribution is -2.22.